The summed E-state index contributed by atoms with van der Waals surface area (Å²) in [5, 5.41) is 23.8. The van der Waals surface area contributed by atoms with Gasteiger partial charge in [0.15, 0.2) is 11.8 Å². The van der Waals surface area contributed by atoms with E-state index in [1.165, 1.54) is 23.6 Å². The summed E-state index contributed by atoms with van der Waals surface area (Å²) in [5.41, 5.74) is 1.19. The van der Waals surface area contributed by atoms with Gasteiger partial charge in [0.2, 0.25) is 0 Å². The van der Waals surface area contributed by atoms with Crippen molar-refractivity contribution in [2.45, 2.75) is 83.1 Å². The van der Waals surface area contributed by atoms with Crippen LogP contribution in [-0.4, -0.2) is 60.1 Å². The number of alkyl halides is 2. The molecule has 3 aliphatic rings. The van der Waals surface area contributed by atoms with E-state index < -0.39 is 30.1 Å². The summed E-state index contributed by atoms with van der Waals surface area (Å²) in [6.45, 7) is 3.03. The van der Waals surface area contributed by atoms with Gasteiger partial charge >= 0.3 is 12.6 Å². The molecule has 15 heteroatoms. The predicted octanol–water partition coefficient (Wildman–Crippen LogP) is 6.82. The van der Waals surface area contributed by atoms with Crippen LogP contribution in [0.2, 0.25) is 5.02 Å². The van der Waals surface area contributed by atoms with Gasteiger partial charge < -0.3 is 15.4 Å². The van der Waals surface area contributed by atoms with Gasteiger partial charge in [-0.25, -0.2) is 19.1 Å². The number of hydrogen-bond acceptors (Lipinski definition) is 7. The number of carbonyl (C=O) groups is 2. The number of amides is 2. The number of nitrogens with one attached hydrogen (secondary N) is 3. The van der Waals surface area contributed by atoms with Crippen LogP contribution in [0.3, 0.4) is 0 Å². The molecule has 4 aromatic rings. The highest BCUT2D eigenvalue weighted by molar-refractivity contribution is 6.33. The third-order valence-electron chi connectivity index (χ3n) is 9.13. The third kappa shape index (κ3) is 6.68. The van der Waals surface area contributed by atoms with Gasteiger partial charge in [0.25, 0.3) is 5.91 Å². The van der Waals surface area contributed by atoms with E-state index in [1.807, 2.05) is 31.5 Å². The Kier molecular flexibility index (Phi) is 8.61. The number of nitrogens with zero attached hydrogens (tertiary/aromatic N) is 6. The molecule has 2 saturated carbocycles. The molecular formula is C35H38ClF2N9O3. The second-order valence-corrected chi connectivity index (χ2v) is 14.8. The summed E-state index contributed by atoms with van der Waals surface area (Å²) in [5.74, 6) is 0.0348. The molecule has 0 unspecified atom stereocenters. The molecule has 2 aromatic heterocycles. The molecule has 0 radical (unpaired) electrons. The number of halogens is 3. The molecule has 1 aliphatic heterocycles. The minimum absolute atomic E-state index is 0.0670. The summed E-state index contributed by atoms with van der Waals surface area (Å²) in [6, 6.07) is 11.7. The van der Waals surface area contributed by atoms with Crippen LogP contribution in [0.1, 0.15) is 82.6 Å². The quantitative estimate of drug-likeness (QED) is 0.155. The fourth-order valence-electron chi connectivity index (χ4n) is 6.54. The van der Waals surface area contributed by atoms with E-state index in [4.69, 9.17) is 16.3 Å². The second-order valence-electron chi connectivity index (χ2n) is 14.4. The number of aromatic nitrogens is 5. The fourth-order valence-corrected chi connectivity index (χ4v) is 6.74. The van der Waals surface area contributed by atoms with Gasteiger partial charge in [-0.1, -0.05) is 62.7 Å². The van der Waals surface area contributed by atoms with Crippen molar-refractivity contribution < 1.29 is 23.1 Å². The van der Waals surface area contributed by atoms with Crippen molar-refractivity contribution in [2.75, 3.05) is 6.61 Å². The zero-order chi connectivity index (χ0) is 35.4. The molecule has 2 aromatic carbocycles. The van der Waals surface area contributed by atoms with Gasteiger partial charge in [-0.3, -0.25) is 15.1 Å². The number of guanidine groups is 1. The first-order valence-corrected chi connectivity index (χ1v) is 17.0. The Balaban J connectivity index is 1.26. The predicted molar refractivity (Wildman–Crippen MR) is 181 cm³/mol. The molecule has 0 bridgehead atoms. The van der Waals surface area contributed by atoms with Crippen molar-refractivity contribution in [3.63, 3.8) is 0 Å². The average molecular weight is 706 g/mol. The topological polar surface area (TPSA) is 143 Å². The first kappa shape index (κ1) is 33.6. The van der Waals surface area contributed by atoms with Gasteiger partial charge in [-0.2, -0.15) is 19.0 Å². The van der Waals surface area contributed by atoms with E-state index in [0.717, 1.165) is 25.7 Å². The molecule has 2 atom stereocenters. The molecular weight excluding hydrogens is 668 g/mol. The van der Waals surface area contributed by atoms with E-state index in [2.05, 4.69) is 25.8 Å². The Morgan fingerprint density at radius 2 is 1.86 bits per heavy atom. The van der Waals surface area contributed by atoms with Crippen molar-refractivity contribution in [3.05, 3.63) is 77.3 Å². The van der Waals surface area contributed by atoms with Crippen molar-refractivity contribution in [1.82, 2.24) is 40.1 Å². The summed E-state index contributed by atoms with van der Waals surface area (Å²) in [4.78, 5) is 33.5. The first-order chi connectivity index (χ1) is 23.8. The molecule has 3 fully saturated rings. The molecule has 12 nitrogen and oxygen atoms in total. The van der Waals surface area contributed by atoms with E-state index in [9.17, 15) is 23.8 Å². The van der Waals surface area contributed by atoms with Gasteiger partial charge in [-0.15, -0.1) is 0 Å². The monoisotopic (exact) mass is 705 g/mol. The maximum Gasteiger partial charge on any atom is 0.407 e. The molecule has 0 spiro atoms. The van der Waals surface area contributed by atoms with Gasteiger partial charge in [0, 0.05) is 23.4 Å². The summed E-state index contributed by atoms with van der Waals surface area (Å²) >= 11 is 6.72. The van der Waals surface area contributed by atoms with Crippen LogP contribution < -0.4 is 10.6 Å². The lowest BCUT2D eigenvalue weighted by molar-refractivity contribution is -0.134. The van der Waals surface area contributed by atoms with Crippen LogP contribution in [0.5, 0.6) is 0 Å². The molecule has 3 N–H and O–H groups in total. The van der Waals surface area contributed by atoms with Crippen LogP contribution >= 0.6 is 11.6 Å². The maximum atomic E-state index is 14.9. The molecule has 1 saturated heterocycles. The number of hydrogen-bond donors (Lipinski definition) is 3. The largest absolute Gasteiger partial charge is 0.447 e. The summed E-state index contributed by atoms with van der Waals surface area (Å²) in [6.07, 6.45) is 7.55. The number of ether oxygens (including phenoxy) is 1. The molecule has 50 heavy (non-hydrogen) atoms. The van der Waals surface area contributed by atoms with Crippen LogP contribution in [0.15, 0.2) is 61.2 Å². The number of alkyl carbamates (subject to hydrolysis) is 1. The normalized spacial score (nSPS) is 19.9. The van der Waals surface area contributed by atoms with Crippen molar-refractivity contribution in [3.8, 4) is 22.5 Å². The maximum absolute atomic E-state index is 14.9. The number of benzene rings is 2. The van der Waals surface area contributed by atoms with Crippen LogP contribution in [0.4, 0.5) is 13.6 Å². The number of rotatable bonds is 11. The Morgan fingerprint density at radius 1 is 1.12 bits per heavy atom. The fraction of sp³-hybridized carbons (Fsp3) is 0.429. The van der Waals surface area contributed by atoms with E-state index >= 15 is 0 Å². The van der Waals surface area contributed by atoms with Gasteiger partial charge in [0.05, 0.1) is 23.3 Å². The van der Waals surface area contributed by atoms with Crippen molar-refractivity contribution in [2.24, 2.45) is 5.41 Å². The highest BCUT2D eigenvalue weighted by atomic mass is 35.5. The number of carbonyl (C=O) groups excluding carboxylic acids is 2. The van der Waals surface area contributed by atoms with Crippen LogP contribution in [0, 0.1) is 10.8 Å². The second kappa shape index (κ2) is 12.8. The molecule has 3 heterocycles. The lowest BCUT2D eigenvalue weighted by Gasteiger charge is -2.35. The highest BCUT2D eigenvalue weighted by Gasteiger charge is 2.54. The van der Waals surface area contributed by atoms with E-state index in [0.29, 0.717) is 49.8 Å². The van der Waals surface area contributed by atoms with Crippen molar-refractivity contribution in [1.29, 1.82) is 5.41 Å². The zero-order valence-electron chi connectivity index (χ0n) is 27.9. The average Bonchev–Trinajstić information content (AvgIpc) is 3.95. The molecule has 262 valence electrons. The minimum Gasteiger partial charge on any atom is -0.447 e. The van der Waals surface area contributed by atoms with Crippen LogP contribution in [0.25, 0.3) is 22.5 Å². The zero-order valence-corrected chi connectivity index (χ0v) is 28.6. The minimum atomic E-state index is -2.76. The standard InChI is InChI=1S/C35H38ClF2N9O3/c1-34(2,3)18-35(23-7-4-20(5-8-23)22-15-41-45(16-22)31(37)38)30(48)46(32(39)44-35)28(17-50-33(49)43-24-9-10-24)21-6-13-27(36)26(14-21)29-40-19-42-47(29)25-11-12-25/h4-8,13-16,19,24-25,28,31H,9-12,17-18H2,1-3H3,(H2,39,44)(H,43,49)/t28-,35-/m1/s1. The van der Waals surface area contributed by atoms with Gasteiger partial charge in [-0.05, 0) is 66.3 Å². The van der Waals surface area contributed by atoms with Crippen LogP contribution in [-0.2, 0) is 15.1 Å². The lowest BCUT2D eigenvalue weighted by atomic mass is 9.75. The molecule has 7 rings (SSSR count). The van der Waals surface area contributed by atoms with Crippen molar-refractivity contribution >= 4 is 29.6 Å². The SMILES string of the molecule is CC(C)(C)C[C@]1(c2ccc(-c3cnn(C(F)F)c3)cc2)NC(=N)N([C@H](COC(=O)NC2CC2)c2ccc(Cl)c(-c3ncnn3C3CC3)c2)C1=O. The Bertz CT molecular complexity index is 1930. The van der Waals surface area contributed by atoms with E-state index in [1.54, 1.807) is 36.4 Å². The highest BCUT2D eigenvalue weighted by Crippen LogP contribution is 2.44. The van der Waals surface area contributed by atoms with Gasteiger partial charge in [0.1, 0.15) is 18.5 Å². The Hall–Kier alpha value is -4.85. The first-order valence-electron chi connectivity index (χ1n) is 16.6. The lowest BCUT2D eigenvalue weighted by Crippen LogP contribution is -2.47. The summed E-state index contributed by atoms with van der Waals surface area (Å²) in [7, 11) is 0. The molecule has 2 aliphatic carbocycles. The van der Waals surface area contributed by atoms with E-state index in [-0.39, 0.29) is 30.1 Å². The summed E-state index contributed by atoms with van der Waals surface area (Å²) < 4.78 is 34.5. The smallest absolute Gasteiger partial charge is 0.407 e. The molecule has 2 amide bonds. The Labute approximate surface area is 292 Å². The third-order valence-corrected chi connectivity index (χ3v) is 9.46. The Morgan fingerprint density at radius 3 is 2.50 bits per heavy atom.